The summed E-state index contributed by atoms with van der Waals surface area (Å²) in [4.78, 5) is 1.72. The van der Waals surface area contributed by atoms with Crippen LogP contribution in [0.3, 0.4) is 0 Å². The fourth-order valence-electron chi connectivity index (χ4n) is 2.51. The van der Waals surface area contributed by atoms with Gasteiger partial charge in [0.25, 0.3) is 0 Å². The van der Waals surface area contributed by atoms with Crippen molar-refractivity contribution in [3.05, 3.63) is 29.3 Å². The van der Waals surface area contributed by atoms with Crippen LogP contribution in [0.15, 0.2) is 12.1 Å². The molecule has 1 N–H and O–H groups in total. The molecular formula is C16H24F2N2O. The SMILES string of the molecule is COC1CCN(c2c(F)cc(CNC(C)(C)C)cc2F)C1. The number of rotatable bonds is 4. The van der Waals surface area contributed by atoms with Gasteiger partial charge in [-0.1, -0.05) is 0 Å². The normalized spacial score (nSPS) is 19.3. The van der Waals surface area contributed by atoms with E-state index in [9.17, 15) is 8.78 Å². The first-order chi connectivity index (χ1) is 9.80. The number of nitrogens with zero attached hydrogens (tertiary/aromatic N) is 1. The number of benzene rings is 1. The molecule has 0 aromatic heterocycles. The van der Waals surface area contributed by atoms with Gasteiger partial charge in [0.15, 0.2) is 0 Å². The molecule has 21 heavy (non-hydrogen) atoms. The number of halogens is 2. The molecule has 118 valence electrons. The van der Waals surface area contributed by atoms with Gasteiger partial charge in [-0.05, 0) is 44.9 Å². The molecule has 1 aromatic rings. The van der Waals surface area contributed by atoms with E-state index in [1.165, 1.54) is 12.1 Å². The molecule has 0 aliphatic carbocycles. The van der Waals surface area contributed by atoms with Crippen LogP contribution >= 0.6 is 0 Å². The lowest BCUT2D eigenvalue weighted by atomic mass is 10.1. The van der Waals surface area contributed by atoms with Gasteiger partial charge in [-0.15, -0.1) is 0 Å². The highest BCUT2D eigenvalue weighted by atomic mass is 19.1. The zero-order chi connectivity index (χ0) is 15.6. The van der Waals surface area contributed by atoms with Gasteiger partial charge >= 0.3 is 0 Å². The Morgan fingerprint density at radius 2 is 1.90 bits per heavy atom. The first kappa shape index (κ1) is 16.2. The molecule has 0 radical (unpaired) electrons. The summed E-state index contributed by atoms with van der Waals surface area (Å²) in [5, 5.41) is 3.23. The van der Waals surface area contributed by atoms with Gasteiger partial charge in [-0.2, -0.15) is 0 Å². The molecule has 2 rings (SSSR count). The van der Waals surface area contributed by atoms with E-state index in [4.69, 9.17) is 4.74 Å². The Balaban J connectivity index is 2.14. The average molecular weight is 298 g/mol. The highest BCUT2D eigenvalue weighted by Gasteiger charge is 2.27. The van der Waals surface area contributed by atoms with Gasteiger partial charge < -0.3 is 15.0 Å². The second-order valence-electron chi connectivity index (χ2n) is 6.60. The minimum atomic E-state index is -0.502. The molecule has 0 spiro atoms. The summed E-state index contributed by atoms with van der Waals surface area (Å²) in [5.74, 6) is -1.00. The van der Waals surface area contributed by atoms with Crippen molar-refractivity contribution in [2.75, 3.05) is 25.1 Å². The molecule has 0 bridgehead atoms. The predicted octanol–water partition coefficient (Wildman–Crippen LogP) is 3.08. The minimum Gasteiger partial charge on any atom is -0.380 e. The molecule has 1 aliphatic heterocycles. The van der Waals surface area contributed by atoms with E-state index in [0.29, 0.717) is 25.2 Å². The third kappa shape index (κ3) is 4.14. The monoisotopic (exact) mass is 298 g/mol. The molecule has 5 heteroatoms. The van der Waals surface area contributed by atoms with Gasteiger partial charge in [0.2, 0.25) is 0 Å². The Labute approximate surface area is 125 Å². The van der Waals surface area contributed by atoms with E-state index in [-0.39, 0.29) is 17.3 Å². The number of anilines is 1. The second-order valence-corrected chi connectivity index (χ2v) is 6.60. The van der Waals surface area contributed by atoms with Crippen LogP contribution in [0.2, 0.25) is 0 Å². The minimum absolute atomic E-state index is 0.0473. The molecule has 1 atom stereocenters. The lowest BCUT2D eigenvalue weighted by molar-refractivity contribution is 0.121. The summed E-state index contributed by atoms with van der Waals surface area (Å²) in [6, 6.07) is 2.83. The van der Waals surface area contributed by atoms with Gasteiger partial charge in [0.1, 0.15) is 17.3 Å². The molecule has 1 unspecified atom stereocenters. The molecular weight excluding hydrogens is 274 g/mol. The maximum absolute atomic E-state index is 14.3. The fourth-order valence-corrected chi connectivity index (χ4v) is 2.51. The zero-order valence-corrected chi connectivity index (χ0v) is 13.2. The Kier molecular flexibility index (Phi) is 4.84. The zero-order valence-electron chi connectivity index (χ0n) is 13.2. The first-order valence-electron chi connectivity index (χ1n) is 7.31. The van der Waals surface area contributed by atoms with Crippen molar-refractivity contribution >= 4 is 5.69 Å². The van der Waals surface area contributed by atoms with Crippen LogP contribution in [0.25, 0.3) is 0 Å². The molecule has 0 saturated carbocycles. The number of hydrogen-bond donors (Lipinski definition) is 1. The topological polar surface area (TPSA) is 24.5 Å². The van der Waals surface area contributed by atoms with Gasteiger partial charge in [-0.25, -0.2) is 8.78 Å². The van der Waals surface area contributed by atoms with Crippen molar-refractivity contribution in [2.45, 2.75) is 45.4 Å². The van der Waals surface area contributed by atoms with Crippen molar-refractivity contribution in [2.24, 2.45) is 0 Å². The van der Waals surface area contributed by atoms with E-state index in [1.807, 2.05) is 20.8 Å². The second kappa shape index (κ2) is 6.28. The van der Waals surface area contributed by atoms with Crippen LogP contribution in [0.1, 0.15) is 32.8 Å². The third-order valence-electron chi connectivity index (χ3n) is 3.69. The lowest BCUT2D eigenvalue weighted by Gasteiger charge is -2.23. The van der Waals surface area contributed by atoms with Crippen LogP contribution in [-0.2, 0) is 11.3 Å². The Bertz CT molecular complexity index is 477. The molecule has 1 heterocycles. The quantitative estimate of drug-likeness (QED) is 0.924. The predicted molar refractivity (Wildman–Crippen MR) is 80.6 cm³/mol. The van der Waals surface area contributed by atoms with Crippen LogP contribution in [0, 0.1) is 11.6 Å². The molecule has 1 fully saturated rings. The van der Waals surface area contributed by atoms with Crippen molar-refractivity contribution in [1.82, 2.24) is 5.32 Å². The number of methoxy groups -OCH3 is 1. The van der Waals surface area contributed by atoms with E-state index < -0.39 is 11.6 Å². The maximum atomic E-state index is 14.3. The summed E-state index contributed by atoms with van der Waals surface area (Å²) in [6.45, 7) is 7.64. The first-order valence-corrected chi connectivity index (χ1v) is 7.31. The largest absolute Gasteiger partial charge is 0.380 e. The Morgan fingerprint density at radius 3 is 2.38 bits per heavy atom. The van der Waals surface area contributed by atoms with Crippen molar-refractivity contribution < 1.29 is 13.5 Å². The van der Waals surface area contributed by atoms with E-state index in [2.05, 4.69) is 5.32 Å². The third-order valence-corrected chi connectivity index (χ3v) is 3.69. The van der Waals surface area contributed by atoms with Crippen molar-refractivity contribution in [1.29, 1.82) is 0 Å². The summed E-state index contributed by atoms with van der Waals surface area (Å²) in [5.41, 5.74) is 0.590. The Hall–Kier alpha value is -1.20. The van der Waals surface area contributed by atoms with E-state index in [0.717, 1.165) is 6.42 Å². The highest BCUT2D eigenvalue weighted by molar-refractivity contribution is 5.51. The molecule has 1 aromatic carbocycles. The number of hydrogen-bond acceptors (Lipinski definition) is 3. The molecule has 3 nitrogen and oxygen atoms in total. The summed E-state index contributed by atoms with van der Waals surface area (Å²) in [7, 11) is 1.63. The van der Waals surface area contributed by atoms with Crippen LogP contribution in [0.4, 0.5) is 14.5 Å². The summed E-state index contributed by atoms with van der Waals surface area (Å²) < 4.78 is 33.8. The maximum Gasteiger partial charge on any atom is 0.149 e. The van der Waals surface area contributed by atoms with Crippen molar-refractivity contribution in [3.63, 3.8) is 0 Å². The summed E-state index contributed by atoms with van der Waals surface area (Å²) in [6.07, 6.45) is 0.842. The lowest BCUT2D eigenvalue weighted by Crippen LogP contribution is -2.35. The molecule has 0 amide bonds. The van der Waals surface area contributed by atoms with E-state index in [1.54, 1.807) is 12.0 Å². The van der Waals surface area contributed by atoms with E-state index >= 15 is 0 Å². The van der Waals surface area contributed by atoms with Gasteiger partial charge in [-0.3, -0.25) is 0 Å². The molecule has 1 aliphatic rings. The van der Waals surface area contributed by atoms with Crippen LogP contribution < -0.4 is 10.2 Å². The average Bonchev–Trinajstić information content (AvgIpc) is 2.83. The summed E-state index contributed by atoms with van der Waals surface area (Å²) >= 11 is 0. The standard InChI is InChI=1S/C16H24F2N2O/c1-16(2,3)19-9-11-7-13(17)15(14(18)8-11)20-6-5-12(10-20)21-4/h7-8,12,19H,5-6,9-10H2,1-4H3. The van der Waals surface area contributed by atoms with Crippen molar-refractivity contribution in [3.8, 4) is 0 Å². The fraction of sp³-hybridized carbons (Fsp3) is 0.625. The van der Waals surface area contributed by atoms with Crippen LogP contribution in [0.5, 0.6) is 0 Å². The van der Waals surface area contributed by atoms with Crippen LogP contribution in [-0.4, -0.2) is 31.8 Å². The Morgan fingerprint density at radius 1 is 1.29 bits per heavy atom. The number of ether oxygens (including phenoxy) is 1. The highest BCUT2D eigenvalue weighted by Crippen LogP contribution is 2.29. The van der Waals surface area contributed by atoms with Gasteiger partial charge in [0.05, 0.1) is 6.10 Å². The molecule has 1 saturated heterocycles. The van der Waals surface area contributed by atoms with Gasteiger partial charge in [0, 0.05) is 32.3 Å². The smallest absolute Gasteiger partial charge is 0.149 e. The number of nitrogens with one attached hydrogen (secondary N) is 1.